The van der Waals surface area contributed by atoms with Gasteiger partial charge in [0.15, 0.2) is 0 Å². The van der Waals surface area contributed by atoms with Crippen LogP contribution in [0.25, 0.3) is 0 Å². The van der Waals surface area contributed by atoms with Crippen LogP contribution in [0.15, 0.2) is 78.9 Å². The lowest BCUT2D eigenvalue weighted by atomic mass is 9.95. The topological polar surface area (TPSA) is 27.7 Å². The molecule has 144 valence electrons. The highest BCUT2D eigenvalue weighted by atomic mass is 35.8. The lowest BCUT2D eigenvalue weighted by molar-refractivity contribution is -0.184. The standard InChI is InChI=1S/C21H17Cl3O3Si/c22-28(23,24)15-25-19-11-12-20-16(13-19)14-26-21(27-20,17-7-3-1-4-8-17)18-9-5-2-6-10-18/h1-13H,14-15H2. The summed E-state index contributed by atoms with van der Waals surface area (Å²) in [5.41, 5.74) is 2.73. The van der Waals surface area contributed by atoms with Crippen molar-refractivity contribution in [2.45, 2.75) is 12.4 Å². The first kappa shape index (κ1) is 19.6. The molecule has 1 aliphatic rings. The molecule has 0 saturated heterocycles. The van der Waals surface area contributed by atoms with E-state index in [0.29, 0.717) is 12.4 Å². The predicted octanol–water partition coefficient (Wildman–Crippen LogP) is 6.07. The number of halogens is 3. The van der Waals surface area contributed by atoms with Crippen molar-refractivity contribution in [3.8, 4) is 11.5 Å². The first-order chi connectivity index (χ1) is 13.5. The predicted molar refractivity (Wildman–Crippen MR) is 114 cm³/mol. The van der Waals surface area contributed by atoms with Gasteiger partial charge < -0.3 is 14.2 Å². The molecule has 1 heterocycles. The van der Waals surface area contributed by atoms with E-state index in [-0.39, 0.29) is 6.23 Å². The van der Waals surface area contributed by atoms with E-state index in [1.165, 1.54) is 0 Å². The number of benzene rings is 3. The van der Waals surface area contributed by atoms with Crippen LogP contribution in [0.1, 0.15) is 16.7 Å². The molecule has 0 amide bonds. The normalized spacial score (nSPS) is 15.4. The number of ether oxygens (including phenoxy) is 3. The van der Waals surface area contributed by atoms with Crippen LogP contribution in [-0.4, -0.2) is 12.2 Å². The van der Waals surface area contributed by atoms with Gasteiger partial charge in [-0.1, -0.05) is 60.7 Å². The third kappa shape index (κ3) is 4.16. The van der Waals surface area contributed by atoms with Gasteiger partial charge in [0, 0.05) is 16.7 Å². The summed E-state index contributed by atoms with van der Waals surface area (Å²) in [4.78, 5) is 0. The Morgan fingerprint density at radius 1 is 0.857 bits per heavy atom. The summed E-state index contributed by atoms with van der Waals surface area (Å²) in [5, 5.41) is 0. The minimum atomic E-state index is -2.85. The van der Waals surface area contributed by atoms with E-state index in [9.17, 15) is 0 Å². The Bertz CT molecular complexity index is 907. The van der Waals surface area contributed by atoms with Crippen LogP contribution in [0, 0.1) is 0 Å². The molecular weight excluding hydrogens is 435 g/mol. The number of fused-ring (bicyclic) bond motifs is 1. The van der Waals surface area contributed by atoms with Crippen molar-refractivity contribution in [2.24, 2.45) is 0 Å². The Kier molecular flexibility index (Phi) is 5.59. The van der Waals surface area contributed by atoms with E-state index in [1.807, 2.05) is 78.9 Å². The highest BCUT2D eigenvalue weighted by Crippen LogP contribution is 2.43. The van der Waals surface area contributed by atoms with E-state index in [0.717, 1.165) is 22.4 Å². The summed E-state index contributed by atoms with van der Waals surface area (Å²) < 4.78 is 18.4. The quantitative estimate of drug-likeness (QED) is 0.348. The molecule has 3 aromatic carbocycles. The van der Waals surface area contributed by atoms with Gasteiger partial charge in [0.05, 0.1) is 6.61 Å². The van der Waals surface area contributed by atoms with Crippen molar-refractivity contribution in [3.05, 3.63) is 95.6 Å². The summed E-state index contributed by atoms with van der Waals surface area (Å²) >= 11 is 17.7. The Labute approximate surface area is 178 Å². The van der Waals surface area contributed by atoms with Gasteiger partial charge in [-0.2, -0.15) is 0 Å². The maximum Gasteiger partial charge on any atom is 0.377 e. The third-order valence-corrected chi connectivity index (χ3v) is 5.88. The molecule has 28 heavy (non-hydrogen) atoms. The molecule has 3 aromatic rings. The van der Waals surface area contributed by atoms with Crippen LogP contribution < -0.4 is 9.47 Å². The van der Waals surface area contributed by atoms with Crippen molar-refractivity contribution in [2.75, 3.05) is 6.23 Å². The van der Waals surface area contributed by atoms with Crippen LogP contribution in [-0.2, 0) is 17.1 Å². The molecule has 0 radical (unpaired) electrons. The lowest BCUT2D eigenvalue weighted by Gasteiger charge is -2.39. The minimum Gasteiger partial charge on any atom is -0.493 e. The van der Waals surface area contributed by atoms with Crippen LogP contribution in [0.2, 0.25) is 0 Å². The highest BCUT2D eigenvalue weighted by Gasteiger charge is 2.41. The second-order valence-corrected chi connectivity index (χ2v) is 15.5. The van der Waals surface area contributed by atoms with Gasteiger partial charge in [-0.3, -0.25) is 0 Å². The van der Waals surface area contributed by atoms with Crippen LogP contribution in [0.5, 0.6) is 11.5 Å². The third-order valence-electron chi connectivity index (χ3n) is 4.43. The molecule has 0 aliphatic carbocycles. The average molecular weight is 452 g/mol. The molecule has 0 N–H and O–H groups in total. The van der Waals surface area contributed by atoms with Gasteiger partial charge in [-0.25, -0.2) is 0 Å². The van der Waals surface area contributed by atoms with E-state index in [2.05, 4.69) is 0 Å². The molecule has 3 nitrogen and oxygen atoms in total. The van der Waals surface area contributed by atoms with Gasteiger partial charge in [-0.15, -0.1) is 33.2 Å². The van der Waals surface area contributed by atoms with Crippen LogP contribution in [0.4, 0.5) is 0 Å². The Morgan fingerprint density at radius 2 is 1.46 bits per heavy atom. The largest absolute Gasteiger partial charge is 0.493 e. The first-order valence-corrected chi connectivity index (χ1v) is 14.0. The zero-order chi connectivity index (χ0) is 19.6. The molecule has 1 aliphatic heterocycles. The van der Waals surface area contributed by atoms with Crippen molar-refractivity contribution in [1.29, 1.82) is 0 Å². The van der Waals surface area contributed by atoms with Gasteiger partial charge in [0.1, 0.15) is 17.7 Å². The smallest absolute Gasteiger partial charge is 0.377 e. The molecule has 0 bridgehead atoms. The summed E-state index contributed by atoms with van der Waals surface area (Å²) in [6, 6.07) is 22.5. The lowest BCUT2D eigenvalue weighted by Crippen LogP contribution is -2.40. The average Bonchev–Trinajstić information content (AvgIpc) is 2.72. The Hall–Kier alpha value is -1.69. The molecule has 0 spiro atoms. The zero-order valence-electron chi connectivity index (χ0n) is 14.8. The second kappa shape index (κ2) is 7.97. The van der Waals surface area contributed by atoms with E-state index >= 15 is 0 Å². The Morgan fingerprint density at radius 3 is 2.04 bits per heavy atom. The Balaban J connectivity index is 1.68. The fourth-order valence-electron chi connectivity index (χ4n) is 3.15. The molecule has 0 unspecified atom stereocenters. The SMILES string of the molecule is Cl[Si](Cl)(Cl)COc1ccc2c(c1)COC(c1ccccc1)(c1ccccc1)O2. The minimum absolute atomic E-state index is 0.0934. The molecule has 0 saturated carbocycles. The highest BCUT2D eigenvalue weighted by molar-refractivity contribution is 7.64. The monoisotopic (exact) mass is 450 g/mol. The summed E-state index contributed by atoms with van der Waals surface area (Å²) in [6.45, 7) is 0.363. The van der Waals surface area contributed by atoms with Crippen LogP contribution in [0.3, 0.4) is 0 Å². The fraction of sp³-hybridized carbons (Fsp3) is 0.143. The summed E-state index contributed by atoms with van der Waals surface area (Å²) in [7, 11) is 0. The molecule has 0 aromatic heterocycles. The summed E-state index contributed by atoms with van der Waals surface area (Å²) in [5.74, 6) is 0.344. The van der Waals surface area contributed by atoms with Crippen molar-refractivity contribution >= 4 is 39.2 Å². The van der Waals surface area contributed by atoms with Crippen molar-refractivity contribution in [1.82, 2.24) is 0 Å². The van der Waals surface area contributed by atoms with Gasteiger partial charge >= 0.3 is 6.00 Å². The number of rotatable bonds is 5. The molecule has 4 rings (SSSR count). The molecule has 0 fully saturated rings. The summed E-state index contributed by atoms with van der Waals surface area (Å²) in [6.07, 6.45) is 0.0934. The number of hydrogen-bond acceptors (Lipinski definition) is 3. The molecular formula is C21H17Cl3O3Si. The van der Waals surface area contributed by atoms with Crippen LogP contribution >= 0.6 is 33.2 Å². The van der Waals surface area contributed by atoms with E-state index in [1.54, 1.807) is 0 Å². The fourth-order valence-corrected chi connectivity index (χ4v) is 3.97. The van der Waals surface area contributed by atoms with E-state index < -0.39 is 11.8 Å². The van der Waals surface area contributed by atoms with Crippen molar-refractivity contribution in [3.63, 3.8) is 0 Å². The maximum atomic E-state index is 6.44. The van der Waals surface area contributed by atoms with E-state index in [4.69, 9.17) is 47.4 Å². The van der Waals surface area contributed by atoms with Gasteiger partial charge in [-0.05, 0) is 18.2 Å². The molecule has 0 atom stereocenters. The first-order valence-electron chi connectivity index (χ1n) is 8.73. The maximum absolute atomic E-state index is 6.44. The molecule has 7 heteroatoms. The van der Waals surface area contributed by atoms with Gasteiger partial charge in [0.25, 0.3) is 5.79 Å². The second-order valence-electron chi connectivity index (χ2n) is 6.41. The van der Waals surface area contributed by atoms with Gasteiger partial charge in [0.2, 0.25) is 0 Å². The number of hydrogen-bond donors (Lipinski definition) is 0. The zero-order valence-corrected chi connectivity index (χ0v) is 18.0. The van der Waals surface area contributed by atoms with Crippen molar-refractivity contribution < 1.29 is 14.2 Å².